The summed E-state index contributed by atoms with van der Waals surface area (Å²) in [6.45, 7) is 7.33. The van der Waals surface area contributed by atoms with Gasteiger partial charge in [0.05, 0.1) is 5.56 Å². The smallest absolute Gasteiger partial charge is 0.416 e. The molecule has 2 aliphatic heterocycles. The lowest BCUT2D eigenvalue weighted by Gasteiger charge is -2.37. The molecule has 0 saturated carbocycles. The molecule has 2 heterocycles. The number of amides is 1. The Morgan fingerprint density at radius 3 is 2.29 bits per heavy atom. The van der Waals surface area contributed by atoms with Crippen molar-refractivity contribution in [3.63, 3.8) is 0 Å². The number of piperidine rings is 1. The molecule has 0 radical (unpaired) electrons. The number of benzene rings is 1. The maximum Gasteiger partial charge on any atom is 0.416 e. The Morgan fingerprint density at radius 1 is 1.09 bits per heavy atom. The summed E-state index contributed by atoms with van der Waals surface area (Å²) < 4.78 is 55.5. The Bertz CT molecular complexity index is 920. The van der Waals surface area contributed by atoms with Gasteiger partial charge in [-0.2, -0.15) is 13.2 Å². The lowest BCUT2D eigenvalue weighted by atomic mass is 9.84. The van der Waals surface area contributed by atoms with Crippen LogP contribution in [0.2, 0.25) is 0 Å². The van der Waals surface area contributed by atoms with E-state index >= 15 is 4.39 Å². The Morgan fingerprint density at radius 2 is 1.74 bits per heavy atom. The number of carbonyl (C=O) groups excluding carboxylic acids is 1. The molecule has 196 valence electrons. The molecule has 1 aromatic rings. The van der Waals surface area contributed by atoms with E-state index in [9.17, 15) is 22.8 Å². The second-order valence-electron chi connectivity index (χ2n) is 10.9. The van der Waals surface area contributed by atoms with E-state index < -0.39 is 29.3 Å². The monoisotopic (exact) mass is 500 g/mol. The predicted octanol–water partition coefficient (Wildman–Crippen LogP) is 5.42. The van der Waals surface area contributed by atoms with Crippen LogP contribution >= 0.6 is 0 Å². The third-order valence-corrected chi connectivity index (χ3v) is 7.33. The minimum absolute atomic E-state index is 0.0214. The van der Waals surface area contributed by atoms with Gasteiger partial charge in [-0.25, -0.2) is 4.39 Å². The van der Waals surface area contributed by atoms with E-state index in [0.717, 1.165) is 11.6 Å². The molecule has 1 aromatic carbocycles. The molecule has 1 amide bonds. The van der Waals surface area contributed by atoms with E-state index in [1.54, 1.807) is 4.90 Å². The van der Waals surface area contributed by atoms with Crippen molar-refractivity contribution >= 4 is 11.9 Å². The Balaban J connectivity index is 1.67. The molecule has 0 aromatic heterocycles. The van der Waals surface area contributed by atoms with E-state index in [4.69, 9.17) is 5.11 Å². The van der Waals surface area contributed by atoms with Crippen LogP contribution in [-0.4, -0.2) is 64.2 Å². The van der Waals surface area contributed by atoms with Crippen LogP contribution in [0.1, 0.15) is 81.9 Å². The van der Waals surface area contributed by atoms with Crippen LogP contribution in [0.25, 0.3) is 0 Å². The van der Waals surface area contributed by atoms with Gasteiger partial charge in [0.15, 0.2) is 0 Å². The van der Waals surface area contributed by atoms with Gasteiger partial charge in [-0.05, 0) is 82.1 Å². The molecular weight excluding hydrogens is 464 g/mol. The number of aliphatic carboxylic acids is 1. The van der Waals surface area contributed by atoms with E-state index in [0.29, 0.717) is 57.3 Å². The molecule has 35 heavy (non-hydrogen) atoms. The van der Waals surface area contributed by atoms with Crippen LogP contribution in [-0.2, 0) is 22.2 Å². The van der Waals surface area contributed by atoms with Crippen LogP contribution in [0.4, 0.5) is 17.6 Å². The van der Waals surface area contributed by atoms with Gasteiger partial charge in [0, 0.05) is 44.6 Å². The van der Waals surface area contributed by atoms with Crippen molar-refractivity contribution in [3.8, 4) is 0 Å². The van der Waals surface area contributed by atoms with Gasteiger partial charge in [0.25, 0.3) is 5.91 Å². The van der Waals surface area contributed by atoms with Gasteiger partial charge in [0.2, 0.25) is 5.67 Å². The van der Waals surface area contributed by atoms with Crippen LogP contribution in [0.5, 0.6) is 0 Å². The molecule has 0 unspecified atom stereocenters. The molecule has 3 rings (SSSR count). The maximum absolute atomic E-state index is 15.6. The predicted molar refractivity (Wildman–Crippen MR) is 125 cm³/mol. The first kappa shape index (κ1) is 27.4. The van der Waals surface area contributed by atoms with Crippen molar-refractivity contribution in [2.24, 2.45) is 0 Å². The largest absolute Gasteiger partial charge is 0.481 e. The summed E-state index contributed by atoms with van der Waals surface area (Å²) in [5.74, 6) is -1.44. The van der Waals surface area contributed by atoms with Gasteiger partial charge in [-0.15, -0.1) is 0 Å². The van der Waals surface area contributed by atoms with E-state index in [-0.39, 0.29) is 30.8 Å². The first-order valence-corrected chi connectivity index (χ1v) is 12.4. The highest BCUT2D eigenvalue weighted by Crippen LogP contribution is 2.38. The lowest BCUT2D eigenvalue weighted by Crippen LogP contribution is -2.51. The molecule has 2 fully saturated rings. The minimum Gasteiger partial charge on any atom is -0.481 e. The van der Waals surface area contributed by atoms with Crippen molar-refractivity contribution in [3.05, 3.63) is 34.9 Å². The highest BCUT2D eigenvalue weighted by Gasteiger charge is 2.49. The second kappa shape index (κ2) is 10.4. The average Bonchev–Trinajstić information content (AvgIpc) is 3.19. The third kappa shape index (κ3) is 6.74. The highest BCUT2D eigenvalue weighted by atomic mass is 19.4. The fourth-order valence-corrected chi connectivity index (χ4v) is 5.19. The number of carboxylic acids is 1. The number of carbonyl (C=O) groups is 2. The number of alkyl halides is 4. The standard InChI is InChI=1S/C26H36F4N2O3/c1-24(2,3)32-15-12-25(27,17-32)23(35)31-13-10-18(11-14-31)21-9-8-20(26(28,29)30)16-19(21)6-4-5-7-22(33)34/h8-9,16,18H,4-7,10-15,17H2,1-3H3,(H,33,34)/t25-/m1/s1. The lowest BCUT2D eigenvalue weighted by molar-refractivity contribution is -0.144. The van der Waals surface area contributed by atoms with Gasteiger partial charge in [-0.3, -0.25) is 14.5 Å². The highest BCUT2D eigenvalue weighted by molar-refractivity contribution is 5.86. The Hall–Kier alpha value is -2.16. The number of carboxylic acid groups (broad SMARTS) is 1. The summed E-state index contributed by atoms with van der Waals surface area (Å²) in [5, 5.41) is 8.83. The Kier molecular flexibility index (Phi) is 8.19. The second-order valence-corrected chi connectivity index (χ2v) is 10.9. The maximum atomic E-state index is 15.6. The topological polar surface area (TPSA) is 60.9 Å². The van der Waals surface area contributed by atoms with E-state index in [1.807, 2.05) is 25.7 Å². The molecule has 0 bridgehead atoms. The molecular formula is C26H36F4N2O3. The fraction of sp³-hybridized carbons (Fsp3) is 0.692. The van der Waals surface area contributed by atoms with Crippen LogP contribution < -0.4 is 0 Å². The van der Waals surface area contributed by atoms with Crippen molar-refractivity contribution < 1.29 is 32.3 Å². The summed E-state index contributed by atoms with van der Waals surface area (Å²) in [5.41, 5.74) is -1.44. The first-order valence-electron chi connectivity index (χ1n) is 12.4. The molecule has 9 heteroatoms. The van der Waals surface area contributed by atoms with Crippen LogP contribution in [0.3, 0.4) is 0 Å². The van der Waals surface area contributed by atoms with Crippen LogP contribution in [0.15, 0.2) is 18.2 Å². The summed E-state index contributed by atoms with van der Waals surface area (Å²) in [7, 11) is 0. The number of aryl methyl sites for hydroxylation is 1. The molecule has 2 saturated heterocycles. The van der Waals surface area contributed by atoms with Gasteiger partial charge >= 0.3 is 12.1 Å². The molecule has 1 atom stereocenters. The number of hydrogen-bond donors (Lipinski definition) is 1. The molecule has 0 aliphatic carbocycles. The number of nitrogens with zero attached hydrogens (tertiary/aromatic N) is 2. The van der Waals surface area contributed by atoms with Crippen molar-refractivity contribution in [2.75, 3.05) is 26.2 Å². The van der Waals surface area contributed by atoms with E-state index in [2.05, 4.69) is 0 Å². The first-order chi connectivity index (χ1) is 16.2. The van der Waals surface area contributed by atoms with Crippen molar-refractivity contribution in [1.29, 1.82) is 0 Å². The fourth-order valence-electron chi connectivity index (χ4n) is 5.19. The summed E-state index contributed by atoms with van der Waals surface area (Å²) in [6.07, 6.45) is -1.97. The quantitative estimate of drug-likeness (QED) is 0.401. The number of rotatable bonds is 7. The van der Waals surface area contributed by atoms with Gasteiger partial charge in [0.1, 0.15) is 0 Å². The third-order valence-electron chi connectivity index (χ3n) is 7.33. The zero-order chi connectivity index (χ0) is 26.0. The van der Waals surface area contributed by atoms with Gasteiger partial charge < -0.3 is 10.0 Å². The normalized spacial score (nSPS) is 22.5. The van der Waals surface area contributed by atoms with Crippen LogP contribution in [0, 0.1) is 0 Å². The summed E-state index contributed by atoms with van der Waals surface area (Å²) in [6, 6.07) is 3.78. The number of halogens is 4. The zero-order valence-electron chi connectivity index (χ0n) is 20.8. The van der Waals surface area contributed by atoms with Crippen molar-refractivity contribution in [1.82, 2.24) is 9.80 Å². The number of hydrogen-bond acceptors (Lipinski definition) is 3. The molecule has 0 spiro atoms. The molecule has 2 aliphatic rings. The molecule has 5 nitrogen and oxygen atoms in total. The number of likely N-dealkylation sites (tertiary alicyclic amines) is 2. The van der Waals surface area contributed by atoms with Crippen molar-refractivity contribution in [2.45, 2.75) is 89.0 Å². The SMILES string of the molecule is CC(C)(C)N1CC[C@](F)(C(=O)N2CCC(c3ccc(C(F)(F)F)cc3CCCCC(=O)O)CC2)C1. The minimum atomic E-state index is -4.46. The summed E-state index contributed by atoms with van der Waals surface area (Å²) in [4.78, 5) is 27.4. The summed E-state index contributed by atoms with van der Waals surface area (Å²) >= 11 is 0. The zero-order valence-corrected chi connectivity index (χ0v) is 20.8. The molecule has 1 N–H and O–H groups in total. The number of unbranched alkanes of at least 4 members (excludes halogenated alkanes) is 1. The van der Waals surface area contributed by atoms with E-state index in [1.165, 1.54) is 12.1 Å². The average molecular weight is 501 g/mol. The van der Waals surface area contributed by atoms with Gasteiger partial charge in [-0.1, -0.05) is 6.07 Å². The Labute approximate surface area is 204 Å².